The fraction of sp³-hybridized carbons (Fsp3) is 0.571. The topological polar surface area (TPSA) is 83.3 Å². The van der Waals surface area contributed by atoms with Crippen molar-refractivity contribution in [3.05, 3.63) is 36.2 Å². The van der Waals surface area contributed by atoms with E-state index in [0.717, 1.165) is 18.5 Å². The Balaban J connectivity index is 1.26. The molecule has 1 aliphatic carbocycles. The van der Waals surface area contributed by atoms with Crippen LogP contribution in [-0.2, 0) is 11.2 Å². The summed E-state index contributed by atoms with van der Waals surface area (Å²) in [7, 11) is 0. The van der Waals surface area contributed by atoms with Crippen molar-refractivity contribution in [2.75, 3.05) is 13.1 Å². The van der Waals surface area contributed by atoms with Crippen molar-refractivity contribution in [2.45, 2.75) is 62.7 Å². The number of amides is 1. The standard InChI is InChI=1S/C21H27N5O2/c27-20-18-10-16(23-15-8-4-5-9-15)13-26(18)17(12-22-20)11-19-24-25-21(28-19)14-6-2-1-3-7-14/h1-3,6-7,15-18,23H,4-5,8-13H2,(H,22,27)/t16-,17+,18-/m0/s1. The lowest BCUT2D eigenvalue weighted by molar-refractivity contribution is -0.129. The monoisotopic (exact) mass is 381 g/mol. The highest BCUT2D eigenvalue weighted by atomic mass is 16.4. The molecule has 7 nitrogen and oxygen atoms in total. The van der Waals surface area contributed by atoms with E-state index in [2.05, 4.69) is 25.7 Å². The number of rotatable bonds is 5. The zero-order chi connectivity index (χ0) is 18.9. The molecule has 7 heteroatoms. The Labute approximate surface area is 164 Å². The van der Waals surface area contributed by atoms with Crippen LogP contribution in [0.4, 0.5) is 0 Å². The molecule has 3 aliphatic rings. The van der Waals surface area contributed by atoms with Crippen molar-refractivity contribution < 1.29 is 9.21 Å². The molecule has 0 bridgehead atoms. The minimum absolute atomic E-state index is 0.0471. The number of piperazine rings is 1. The second-order valence-corrected chi connectivity index (χ2v) is 8.26. The molecule has 3 atom stereocenters. The predicted octanol–water partition coefficient (Wildman–Crippen LogP) is 1.75. The van der Waals surface area contributed by atoms with Gasteiger partial charge in [0.05, 0.1) is 6.04 Å². The van der Waals surface area contributed by atoms with Crippen LogP contribution in [0.5, 0.6) is 0 Å². The van der Waals surface area contributed by atoms with E-state index in [1.807, 2.05) is 30.3 Å². The van der Waals surface area contributed by atoms with Gasteiger partial charge < -0.3 is 15.1 Å². The van der Waals surface area contributed by atoms with E-state index >= 15 is 0 Å². The quantitative estimate of drug-likeness (QED) is 0.821. The zero-order valence-corrected chi connectivity index (χ0v) is 16.0. The van der Waals surface area contributed by atoms with E-state index in [0.29, 0.717) is 36.8 Å². The zero-order valence-electron chi connectivity index (χ0n) is 16.0. The Kier molecular flexibility index (Phi) is 4.86. The van der Waals surface area contributed by atoms with Crippen molar-refractivity contribution in [3.8, 4) is 11.5 Å². The van der Waals surface area contributed by atoms with Gasteiger partial charge in [-0.15, -0.1) is 10.2 Å². The summed E-state index contributed by atoms with van der Waals surface area (Å²) >= 11 is 0. The maximum atomic E-state index is 12.4. The Morgan fingerprint density at radius 1 is 1.14 bits per heavy atom. The average molecular weight is 381 g/mol. The average Bonchev–Trinajstić information content (AvgIpc) is 3.46. The first-order valence-electron chi connectivity index (χ1n) is 10.4. The molecule has 0 radical (unpaired) electrons. The molecule has 1 amide bonds. The molecule has 3 heterocycles. The lowest BCUT2D eigenvalue weighted by Gasteiger charge is -2.36. The van der Waals surface area contributed by atoms with Gasteiger partial charge in [-0.2, -0.15) is 0 Å². The van der Waals surface area contributed by atoms with Crippen molar-refractivity contribution >= 4 is 5.91 Å². The summed E-state index contributed by atoms with van der Waals surface area (Å²) in [6.07, 6.45) is 6.72. The lowest BCUT2D eigenvalue weighted by atomic mass is 10.1. The van der Waals surface area contributed by atoms with Gasteiger partial charge in [-0.05, 0) is 31.4 Å². The molecule has 3 fully saturated rings. The van der Waals surface area contributed by atoms with Gasteiger partial charge in [0.15, 0.2) is 0 Å². The SMILES string of the molecule is O=C1NC[C@@H](Cc2nnc(-c3ccccc3)o2)N2C[C@@H](NC3CCCC3)C[C@@H]12. The summed E-state index contributed by atoms with van der Waals surface area (Å²) in [6.45, 7) is 1.55. The molecule has 0 unspecified atom stereocenters. The summed E-state index contributed by atoms with van der Waals surface area (Å²) < 4.78 is 5.90. The number of benzene rings is 1. The Morgan fingerprint density at radius 2 is 1.96 bits per heavy atom. The van der Waals surface area contributed by atoms with Crippen LogP contribution in [0.3, 0.4) is 0 Å². The Morgan fingerprint density at radius 3 is 2.79 bits per heavy atom. The Hall–Kier alpha value is -2.25. The van der Waals surface area contributed by atoms with E-state index in [4.69, 9.17) is 4.42 Å². The predicted molar refractivity (Wildman–Crippen MR) is 105 cm³/mol. The first kappa shape index (κ1) is 17.8. The number of nitrogens with one attached hydrogen (secondary N) is 2. The molecule has 1 aromatic carbocycles. The summed E-state index contributed by atoms with van der Waals surface area (Å²) in [4.78, 5) is 14.8. The van der Waals surface area contributed by atoms with Crippen molar-refractivity contribution in [1.29, 1.82) is 0 Å². The number of carbonyl (C=O) groups is 1. The minimum atomic E-state index is -0.0471. The Bertz CT molecular complexity index is 817. The highest BCUT2D eigenvalue weighted by molar-refractivity contribution is 5.83. The lowest BCUT2D eigenvalue weighted by Crippen LogP contribution is -2.58. The molecule has 148 valence electrons. The van der Waals surface area contributed by atoms with Crippen LogP contribution in [-0.4, -0.2) is 58.3 Å². The number of hydrogen-bond acceptors (Lipinski definition) is 6. The van der Waals surface area contributed by atoms with Crippen LogP contribution in [0.2, 0.25) is 0 Å². The number of fused-ring (bicyclic) bond motifs is 1. The summed E-state index contributed by atoms with van der Waals surface area (Å²) in [6, 6.07) is 11.0. The number of aromatic nitrogens is 2. The van der Waals surface area contributed by atoms with Crippen LogP contribution in [0, 0.1) is 0 Å². The molecular formula is C21H27N5O2. The van der Waals surface area contributed by atoms with Crippen LogP contribution >= 0.6 is 0 Å². The second kappa shape index (κ2) is 7.64. The fourth-order valence-corrected chi connectivity index (χ4v) is 4.95. The molecule has 1 saturated carbocycles. The summed E-state index contributed by atoms with van der Waals surface area (Å²) in [5.74, 6) is 1.34. The van der Waals surface area contributed by atoms with Crippen molar-refractivity contribution in [1.82, 2.24) is 25.7 Å². The maximum Gasteiger partial charge on any atom is 0.247 e. The normalized spacial score (nSPS) is 28.4. The van der Waals surface area contributed by atoms with E-state index in [1.54, 1.807) is 0 Å². The van der Waals surface area contributed by atoms with E-state index in [9.17, 15) is 4.79 Å². The maximum absolute atomic E-state index is 12.4. The molecule has 2 N–H and O–H groups in total. The van der Waals surface area contributed by atoms with Crippen LogP contribution in [0.1, 0.15) is 38.0 Å². The van der Waals surface area contributed by atoms with Crippen LogP contribution < -0.4 is 10.6 Å². The number of carbonyl (C=O) groups excluding carboxylic acids is 1. The third-order valence-corrected chi connectivity index (χ3v) is 6.35. The molecule has 1 aromatic heterocycles. The van der Waals surface area contributed by atoms with Crippen LogP contribution in [0.25, 0.3) is 11.5 Å². The molecule has 2 saturated heterocycles. The van der Waals surface area contributed by atoms with Gasteiger partial charge in [0.25, 0.3) is 0 Å². The first-order valence-corrected chi connectivity index (χ1v) is 10.4. The largest absolute Gasteiger partial charge is 0.421 e. The number of nitrogens with zero attached hydrogens (tertiary/aromatic N) is 3. The minimum Gasteiger partial charge on any atom is -0.421 e. The molecule has 5 rings (SSSR count). The molecular weight excluding hydrogens is 354 g/mol. The highest BCUT2D eigenvalue weighted by Gasteiger charge is 2.44. The van der Waals surface area contributed by atoms with Gasteiger partial charge in [-0.3, -0.25) is 9.69 Å². The molecule has 28 heavy (non-hydrogen) atoms. The summed E-state index contributed by atoms with van der Waals surface area (Å²) in [5, 5.41) is 15.3. The van der Waals surface area contributed by atoms with Gasteiger partial charge in [0.1, 0.15) is 0 Å². The second-order valence-electron chi connectivity index (χ2n) is 8.26. The highest BCUT2D eigenvalue weighted by Crippen LogP contribution is 2.28. The van der Waals surface area contributed by atoms with Crippen molar-refractivity contribution in [3.63, 3.8) is 0 Å². The first-order chi connectivity index (χ1) is 13.8. The number of hydrogen-bond donors (Lipinski definition) is 2. The van der Waals surface area contributed by atoms with Gasteiger partial charge >= 0.3 is 0 Å². The molecule has 2 aromatic rings. The van der Waals surface area contributed by atoms with Gasteiger partial charge in [0.2, 0.25) is 17.7 Å². The smallest absolute Gasteiger partial charge is 0.247 e. The van der Waals surface area contributed by atoms with Gasteiger partial charge in [0, 0.05) is 43.2 Å². The van der Waals surface area contributed by atoms with Gasteiger partial charge in [-0.25, -0.2) is 0 Å². The van der Waals surface area contributed by atoms with E-state index in [1.165, 1.54) is 25.7 Å². The van der Waals surface area contributed by atoms with Crippen LogP contribution in [0.15, 0.2) is 34.7 Å². The van der Waals surface area contributed by atoms with E-state index in [-0.39, 0.29) is 18.0 Å². The third-order valence-electron chi connectivity index (χ3n) is 6.35. The van der Waals surface area contributed by atoms with Crippen molar-refractivity contribution in [2.24, 2.45) is 0 Å². The molecule has 2 aliphatic heterocycles. The third kappa shape index (κ3) is 3.56. The summed E-state index contributed by atoms with van der Waals surface area (Å²) in [5.41, 5.74) is 0.929. The fourth-order valence-electron chi connectivity index (χ4n) is 4.95. The molecule has 0 spiro atoms. The van der Waals surface area contributed by atoms with E-state index < -0.39 is 0 Å². The van der Waals surface area contributed by atoms with Gasteiger partial charge in [-0.1, -0.05) is 31.0 Å².